The number of benzene rings is 1. The van der Waals surface area contributed by atoms with Crippen LogP contribution in [0.1, 0.15) is 27.1 Å². The van der Waals surface area contributed by atoms with Crippen molar-refractivity contribution in [3.8, 4) is 0 Å². The van der Waals surface area contributed by atoms with E-state index in [1.807, 2.05) is 5.32 Å². The van der Waals surface area contributed by atoms with Crippen molar-refractivity contribution in [2.45, 2.75) is 18.6 Å². The maximum atomic E-state index is 12.9. The van der Waals surface area contributed by atoms with Crippen LogP contribution in [0.5, 0.6) is 0 Å². The van der Waals surface area contributed by atoms with Gasteiger partial charge in [0.25, 0.3) is 11.8 Å². The predicted molar refractivity (Wildman–Crippen MR) is 69.1 cm³/mol. The Morgan fingerprint density at radius 3 is 2.17 bits per heavy atom. The van der Waals surface area contributed by atoms with E-state index in [0.717, 1.165) is 0 Å². The number of nitrogens with one attached hydrogen (secondary N) is 1. The minimum Gasteiger partial charge on any atom is -0.342 e. The highest BCUT2D eigenvalue weighted by Crippen LogP contribution is 2.35. The fraction of sp³-hybridized carbons (Fsp3) is 0.286. The lowest BCUT2D eigenvalue weighted by Crippen LogP contribution is -2.46. The normalized spacial score (nSPS) is 23.3. The van der Waals surface area contributed by atoms with Gasteiger partial charge in [-0.05, 0) is 12.1 Å². The summed E-state index contributed by atoms with van der Waals surface area (Å²) in [6.45, 7) is 0. The van der Waals surface area contributed by atoms with Crippen LogP contribution >= 0.6 is 0 Å². The summed E-state index contributed by atoms with van der Waals surface area (Å²) < 4.78 is 38.6. The van der Waals surface area contributed by atoms with Gasteiger partial charge < -0.3 is 10.2 Å². The van der Waals surface area contributed by atoms with E-state index >= 15 is 0 Å². The summed E-state index contributed by atoms with van der Waals surface area (Å²) in [6.07, 6.45) is -5.74. The predicted octanol–water partition coefficient (Wildman–Crippen LogP) is 0.808. The second kappa shape index (κ2) is 5.32. The van der Waals surface area contributed by atoms with Crippen molar-refractivity contribution < 1.29 is 37.2 Å². The fourth-order valence-electron chi connectivity index (χ4n) is 2.58. The van der Waals surface area contributed by atoms with Crippen molar-refractivity contribution >= 4 is 23.7 Å². The van der Waals surface area contributed by atoms with Crippen molar-refractivity contribution in [2.24, 2.45) is 5.92 Å². The standard InChI is InChI=1S/C14H9F3N2O5/c15-14(16,17)8-5-9(20)18-10(8)13(23)24-19-11(21)6-3-1-2-4-7(6)12(19)22/h1-4,8,10H,5H2,(H,18,20). The summed E-state index contributed by atoms with van der Waals surface area (Å²) in [5.74, 6) is -6.71. The molecule has 10 heteroatoms. The molecule has 1 N–H and O–H groups in total. The van der Waals surface area contributed by atoms with E-state index in [1.54, 1.807) is 0 Å². The minimum absolute atomic E-state index is 0.0295. The maximum Gasteiger partial charge on any atom is 0.394 e. The number of carbonyl (C=O) groups is 4. The molecule has 0 saturated carbocycles. The van der Waals surface area contributed by atoms with Gasteiger partial charge in [-0.2, -0.15) is 13.2 Å². The number of nitrogens with zero attached hydrogens (tertiary/aromatic N) is 1. The Balaban J connectivity index is 1.80. The molecule has 1 aromatic rings. The highest BCUT2D eigenvalue weighted by molar-refractivity contribution is 6.21. The molecule has 1 aromatic carbocycles. The zero-order valence-electron chi connectivity index (χ0n) is 11.8. The topological polar surface area (TPSA) is 92.8 Å². The summed E-state index contributed by atoms with van der Waals surface area (Å²) in [5, 5.41) is 1.95. The number of rotatable bonds is 2. The first-order valence-corrected chi connectivity index (χ1v) is 6.76. The molecule has 3 rings (SSSR count). The zero-order valence-corrected chi connectivity index (χ0v) is 11.8. The Morgan fingerprint density at radius 1 is 1.12 bits per heavy atom. The van der Waals surface area contributed by atoms with Crippen molar-refractivity contribution in [1.82, 2.24) is 10.4 Å². The lowest BCUT2D eigenvalue weighted by molar-refractivity contribution is -0.195. The number of hydrogen-bond donors (Lipinski definition) is 1. The van der Waals surface area contributed by atoms with Crippen molar-refractivity contribution in [2.75, 3.05) is 0 Å². The first-order chi connectivity index (χ1) is 11.2. The third-order valence-electron chi connectivity index (χ3n) is 3.74. The largest absolute Gasteiger partial charge is 0.394 e. The number of hydrogen-bond acceptors (Lipinski definition) is 5. The average Bonchev–Trinajstić information content (AvgIpc) is 3.02. The molecule has 0 spiro atoms. The van der Waals surface area contributed by atoms with Crippen LogP contribution in [0.3, 0.4) is 0 Å². The van der Waals surface area contributed by atoms with Gasteiger partial charge in [0.15, 0.2) is 0 Å². The first-order valence-electron chi connectivity index (χ1n) is 6.76. The Labute approximate surface area is 132 Å². The van der Waals surface area contributed by atoms with Crippen LogP contribution in [0, 0.1) is 5.92 Å². The van der Waals surface area contributed by atoms with Crippen molar-refractivity contribution in [3.05, 3.63) is 35.4 Å². The second-order valence-corrected chi connectivity index (χ2v) is 5.26. The third-order valence-corrected chi connectivity index (χ3v) is 3.74. The number of fused-ring (bicyclic) bond motifs is 1. The molecular weight excluding hydrogens is 333 g/mol. The van der Waals surface area contributed by atoms with Crippen LogP contribution in [-0.4, -0.2) is 41.0 Å². The summed E-state index contributed by atoms with van der Waals surface area (Å²) in [4.78, 5) is 51.7. The molecule has 2 atom stereocenters. The molecule has 1 fully saturated rings. The second-order valence-electron chi connectivity index (χ2n) is 5.26. The van der Waals surface area contributed by atoms with Crippen LogP contribution in [0.15, 0.2) is 24.3 Å². The average molecular weight is 342 g/mol. The van der Waals surface area contributed by atoms with E-state index in [0.29, 0.717) is 0 Å². The molecule has 2 aliphatic rings. The molecule has 3 amide bonds. The van der Waals surface area contributed by atoms with E-state index in [4.69, 9.17) is 0 Å². The number of carbonyl (C=O) groups excluding carboxylic acids is 4. The van der Waals surface area contributed by atoms with Gasteiger partial charge in [0.1, 0.15) is 6.04 Å². The molecule has 0 bridgehead atoms. The molecule has 0 radical (unpaired) electrons. The van der Waals surface area contributed by atoms with Gasteiger partial charge in [0, 0.05) is 6.42 Å². The lowest BCUT2D eigenvalue weighted by atomic mass is 10.0. The van der Waals surface area contributed by atoms with Gasteiger partial charge in [0.2, 0.25) is 5.91 Å². The zero-order chi connectivity index (χ0) is 17.6. The van der Waals surface area contributed by atoms with Crippen LogP contribution in [-0.2, 0) is 14.4 Å². The van der Waals surface area contributed by atoms with Crippen LogP contribution < -0.4 is 5.32 Å². The number of amides is 3. The van der Waals surface area contributed by atoms with Crippen LogP contribution in [0.4, 0.5) is 13.2 Å². The quantitative estimate of drug-likeness (QED) is 0.803. The van der Waals surface area contributed by atoms with Gasteiger partial charge in [-0.25, -0.2) is 4.79 Å². The molecule has 126 valence electrons. The van der Waals surface area contributed by atoms with Gasteiger partial charge in [0.05, 0.1) is 17.0 Å². The fourth-order valence-corrected chi connectivity index (χ4v) is 2.58. The Hall–Kier alpha value is -2.91. The molecule has 24 heavy (non-hydrogen) atoms. The summed E-state index contributed by atoms with van der Waals surface area (Å²) in [7, 11) is 0. The van der Waals surface area contributed by atoms with Crippen molar-refractivity contribution in [3.63, 3.8) is 0 Å². The number of halogens is 3. The summed E-state index contributed by atoms with van der Waals surface area (Å²) in [5.41, 5.74) is -0.0590. The maximum absolute atomic E-state index is 12.9. The van der Waals surface area contributed by atoms with E-state index < -0.39 is 48.2 Å². The highest BCUT2D eigenvalue weighted by Gasteiger charge is 2.54. The molecule has 2 aliphatic heterocycles. The molecule has 2 heterocycles. The van der Waals surface area contributed by atoms with Crippen LogP contribution in [0.2, 0.25) is 0 Å². The smallest absolute Gasteiger partial charge is 0.342 e. The van der Waals surface area contributed by atoms with Gasteiger partial charge >= 0.3 is 12.1 Å². The van der Waals surface area contributed by atoms with E-state index in [1.165, 1.54) is 24.3 Å². The summed E-state index contributed by atoms with van der Waals surface area (Å²) >= 11 is 0. The molecule has 7 nitrogen and oxygen atoms in total. The number of hydroxylamine groups is 2. The Kier molecular flexibility index (Phi) is 3.54. The number of alkyl halides is 3. The third kappa shape index (κ3) is 2.49. The summed E-state index contributed by atoms with van der Waals surface area (Å²) in [6, 6.07) is 3.58. The highest BCUT2D eigenvalue weighted by atomic mass is 19.4. The Morgan fingerprint density at radius 2 is 1.67 bits per heavy atom. The molecule has 0 aliphatic carbocycles. The molecule has 0 aromatic heterocycles. The molecule has 2 unspecified atom stereocenters. The van der Waals surface area contributed by atoms with E-state index in [9.17, 15) is 32.3 Å². The van der Waals surface area contributed by atoms with Gasteiger partial charge in [-0.3, -0.25) is 14.4 Å². The van der Waals surface area contributed by atoms with E-state index in [-0.39, 0.29) is 16.2 Å². The van der Waals surface area contributed by atoms with Crippen LogP contribution in [0.25, 0.3) is 0 Å². The van der Waals surface area contributed by atoms with E-state index in [2.05, 4.69) is 4.84 Å². The first kappa shape index (κ1) is 16.0. The minimum atomic E-state index is -4.81. The van der Waals surface area contributed by atoms with Crippen molar-refractivity contribution in [1.29, 1.82) is 0 Å². The van der Waals surface area contributed by atoms with Gasteiger partial charge in [-0.15, -0.1) is 0 Å². The number of imide groups is 1. The Bertz CT molecular complexity index is 726. The SMILES string of the molecule is O=C1CC(C(F)(F)F)C(C(=O)ON2C(=O)c3ccccc3C2=O)N1. The molecule has 1 saturated heterocycles. The lowest BCUT2D eigenvalue weighted by Gasteiger charge is -2.21. The van der Waals surface area contributed by atoms with Gasteiger partial charge in [-0.1, -0.05) is 17.2 Å². The molecular formula is C14H9F3N2O5. The monoisotopic (exact) mass is 342 g/mol.